The Labute approximate surface area is 173 Å². The Morgan fingerprint density at radius 3 is 2.60 bits per heavy atom. The molecule has 4 rings (SSSR count). The number of nitrogens with zero attached hydrogens (tertiary/aromatic N) is 2. The van der Waals surface area contributed by atoms with Crippen LogP contribution in [-0.2, 0) is 16.1 Å². The molecule has 1 fully saturated rings. The fourth-order valence-corrected chi connectivity index (χ4v) is 3.51. The number of Topliss-reactive ketones (excluding diaryl/α,β-unsaturated/α-hetero) is 1. The van der Waals surface area contributed by atoms with Gasteiger partial charge in [0.15, 0.2) is 0 Å². The van der Waals surface area contributed by atoms with Crippen molar-refractivity contribution in [3.8, 4) is 5.75 Å². The second kappa shape index (κ2) is 8.24. The minimum atomic E-state index is -0.841. The summed E-state index contributed by atoms with van der Waals surface area (Å²) >= 11 is 0. The number of furan rings is 1. The van der Waals surface area contributed by atoms with Gasteiger partial charge in [0, 0.05) is 24.5 Å². The van der Waals surface area contributed by atoms with Crippen LogP contribution in [0.15, 0.2) is 77.2 Å². The molecule has 1 saturated heterocycles. The molecule has 3 aromatic rings. The number of benzene rings is 1. The summed E-state index contributed by atoms with van der Waals surface area (Å²) in [6.45, 7) is 2.55. The van der Waals surface area contributed by atoms with E-state index in [1.807, 2.05) is 13.0 Å². The van der Waals surface area contributed by atoms with E-state index in [-0.39, 0.29) is 17.9 Å². The van der Waals surface area contributed by atoms with Crippen LogP contribution in [0.4, 0.5) is 0 Å². The zero-order chi connectivity index (χ0) is 21.1. The third kappa shape index (κ3) is 3.57. The third-order valence-corrected chi connectivity index (χ3v) is 4.87. The highest BCUT2D eigenvalue weighted by molar-refractivity contribution is 6.46. The largest absolute Gasteiger partial charge is 0.507 e. The van der Waals surface area contributed by atoms with Crippen molar-refractivity contribution in [3.05, 3.63) is 89.6 Å². The number of carbonyl (C=O) groups is 2. The van der Waals surface area contributed by atoms with Crippen molar-refractivity contribution < 1.29 is 23.8 Å². The molecule has 1 atom stereocenters. The van der Waals surface area contributed by atoms with Gasteiger partial charge in [-0.15, -0.1) is 0 Å². The van der Waals surface area contributed by atoms with Crippen molar-refractivity contribution in [1.29, 1.82) is 0 Å². The predicted molar refractivity (Wildman–Crippen MR) is 108 cm³/mol. The zero-order valence-corrected chi connectivity index (χ0v) is 16.3. The number of amides is 1. The second-order valence-electron chi connectivity index (χ2n) is 6.76. The van der Waals surface area contributed by atoms with Crippen LogP contribution in [0.2, 0.25) is 0 Å². The normalized spacial score (nSPS) is 18.0. The van der Waals surface area contributed by atoms with E-state index in [0.717, 1.165) is 5.56 Å². The van der Waals surface area contributed by atoms with Crippen LogP contribution in [0.3, 0.4) is 0 Å². The first-order valence-electron chi connectivity index (χ1n) is 9.54. The standard InChI is InChI=1S/C23H20N2O5/c1-2-29-17-9-7-16(8-10-17)21(26)19-20(18-6-4-12-30-18)25(23(28)22(19)27)14-15-5-3-11-24-13-15/h3-13,20,26H,2,14H2,1H3/b21-19-. The number of likely N-dealkylation sites (tertiary alicyclic amines) is 1. The lowest BCUT2D eigenvalue weighted by atomic mass is 9.99. The van der Waals surface area contributed by atoms with E-state index in [4.69, 9.17) is 9.15 Å². The maximum atomic E-state index is 12.9. The van der Waals surface area contributed by atoms with Gasteiger partial charge in [0.05, 0.1) is 18.4 Å². The number of pyridine rings is 1. The Morgan fingerprint density at radius 1 is 1.17 bits per heavy atom. The van der Waals surface area contributed by atoms with E-state index in [0.29, 0.717) is 23.7 Å². The molecule has 152 valence electrons. The minimum Gasteiger partial charge on any atom is -0.507 e. The Bertz CT molecular complexity index is 1070. The lowest BCUT2D eigenvalue weighted by Crippen LogP contribution is -2.29. The third-order valence-electron chi connectivity index (χ3n) is 4.87. The van der Waals surface area contributed by atoms with Crippen molar-refractivity contribution >= 4 is 17.4 Å². The molecule has 30 heavy (non-hydrogen) atoms. The van der Waals surface area contributed by atoms with E-state index >= 15 is 0 Å². The van der Waals surface area contributed by atoms with Gasteiger partial charge in [-0.05, 0) is 55.0 Å². The molecule has 0 aliphatic carbocycles. The van der Waals surface area contributed by atoms with Crippen LogP contribution >= 0.6 is 0 Å². The van der Waals surface area contributed by atoms with E-state index in [2.05, 4.69) is 4.98 Å². The molecule has 0 saturated carbocycles. The highest BCUT2D eigenvalue weighted by atomic mass is 16.5. The number of aliphatic hydroxyl groups excluding tert-OH is 1. The van der Waals surface area contributed by atoms with Gasteiger partial charge in [-0.3, -0.25) is 14.6 Å². The van der Waals surface area contributed by atoms with Crippen molar-refractivity contribution in [2.75, 3.05) is 6.61 Å². The lowest BCUT2D eigenvalue weighted by Gasteiger charge is -2.23. The number of carbonyl (C=O) groups excluding carboxylic acids is 2. The van der Waals surface area contributed by atoms with Crippen LogP contribution in [0, 0.1) is 0 Å². The van der Waals surface area contributed by atoms with Crippen LogP contribution in [0.5, 0.6) is 5.75 Å². The van der Waals surface area contributed by atoms with Gasteiger partial charge in [-0.25, -0.2) is 0 Å². The van der Waals surface area contributed by atoms with Crippen molar-refractivity contribution in [2.24, 2.45) is 0 Å². The molecule has 0 radical (unpaired) electrons. The van der Waals surface area contributed by atoms with Gasteiger partial charge < -0.3 is 19.2 Å². The van der Waals surface area contributed by atoms with Gasteiger partial charge in [0.25, 0.3) is 11.7 Å². The van der Waals surface area contributed by atoms with Gasteiger partial charge >= 0.3 is 0 Å². The predicted octanol–water partition coefficient (Wildman–Crippen LogP) is 3.70. The Hall–Kier alpha value is -3.87. The van der Waals surface area contributed by atoms with Crippen molar-refractivity contribution in [2.45, 2.75) is 19.5 Å². The summed E-state index contributed by atoms with van der Waals surface area (Å²) in [6, 6.07) is 12.8. The van der Waals surface area contributed by atoms with Gasteiger partial charge in [0.1, 0.15) is 23.3 Å². The SMILES string of the molecule is CCOc1ccc(/C(O)=C2/C(=O)C(=O)N(Cc3cccnc3)C2c2ccco2)cc1. The maximum absolute atomic E-state index is 12.9. The Balaban J connectivity index is 1.78. The Morgan fingerprint density at radius 2 is 1.97 bits per heavy atom. The first-order valence-corrected chi connectivity index (χ1v) is 9.54. The van der Waals surface area contributed by atoms with Gasteiger partial charge in [-0.2, -0.15) is 0 Å². The molecule has 7 nitrogen and oxygen atoms in total. The number of hydrogen-bond donors (Lipinski definition) is 1. The number of ether oxygens (including phenoxy) is 1. The van der Waals surface area contributed by atoms with Gasteiger partial charge in [-0.1, -0.05) is 6.07 Å². The zero-order valence-electron chi connectivity index (χ0n) is 16.3. The number of aliphatic hydroxyl groups is 1. The smallest absolute Gasteiger partial charge is 0.296 e. The molecule has 1 aromatic carbocycles. The number of ketones is 1. The highest BCUT2D eigenvalue weighted by Crippen LogP contribution is 2.40. The average Bonchev–Trinajstić information content (AvgIpc) is 3.38. The lowest BCUT2D eigenvalue weighted by molar-refractivity contribution is -0.140. The number of hydrogen-bond acceptors (Lipinski definition) is 6. The fourth-order valence-electron chi connectivity index (χ4n) is 3.51. The maximum Gasteiger partial charge on any atom is 0.296 e. The molecule has 1 amide bonds. The average molecular weight is 404 g/mol. The monoisotopic (exact) mass is 404 g/mol. The minimum absolute atomic E-state index is 0.0111. The van der Waals surface area contributed by atoms with Crippen LogP contribution in [0.25, 0.3) is 5.76 Å². The summed E-state index contributed by atoms with van der Waals surface area (Å²) < 4.78 is 10.9. The summed E-state index contributed by atoms with van der Waals surface area (Å²) in [5.74, 6) is -0.676. The summed E-state index contributed by atoms with van der Waals surface area (Å²) in [5, 5.41) is 11.0. The van der Waals surface area contributed by atoms with Crippen LogP contribution in [-0.4, -0.2) is 33.3 Å². The molecule has 3 heterocycles. The summed E-state index contributed by atoms with van der Waals surface area (Å²) in [7, 11) is 0. The Kier molecular flexibility index (Phi) is 5.34. The summed E-state index contributed by atoms with van der Waals surface area (Å²) in [6.07, 6.45) is 4.73. The van der Waals surface area contributed by atoms with Crippen LogP contribution < -0.4 is 4.74 Å². The molecular weight excluding hydrogens is 384 g/mol. The van der Waals surface area contributed by atoms with E-state index in [1.54, 1.807) is 54.9 Å². The second-order valence-corrected chi connectivity index (χ2v) is 6.76. The molecule has 0 spiro atoms. The quantitative estimate of drug-likeness (QED) is 0.383. The first-order chi connectivity index (χ1) is 14.6. The molecule has 2 aromatic heterocycles. The summed E-state index contributed by atoms with van der Waals surface area (Å²) in [4.78, 5) is 31.2. The topological polar surface area (TPSA) is 92.9 Å². The molecule has 1 N–H and O–H groups in total. The van der Waals surface area contributed by atoms with E-state index in [1.165, 1.54) is 11.2 Å². The molecule has 0 bridgehead atoms. The molecular formula is C23H20N2O5. The summed E-state index contributed by atoms with van der Waals surface area (Å²) in [5.41, 5.74) is 1.16. The van der Waals surface area contributed by atoms with E-state index < -0.39 is 17.7 Å². The number of rotatable bonds is 6. The van der Waals surface area contributed by atoms with Crippen LogP contribution in [0.1, 0.15) is 29.9 Å². The molecule has 1 aliphatic rings. The van der Waals surface area contributed by atoms with E-state index in [9.17, 15) is 14.7 Å². The van der Waals surface area contributed by atoms with Crippen molar-refractivity contribution in [3.63, 3.8) is 0 Å². The molecule has 1 unspecified atom stereocenters. The fraction of sp³-hybridized carbons (Fsp3) is 0.174. The molecule has 7 heteroatoms. The highest BCUT2D eigenvalue weighted by Gasteiger charge is 2.47. The molecule has 1 aliphatic heterocycles. The first kappa shape index (κ1) is 19.4. The van der Waals surface area contributed by atoms with Crippen molar-refractivity contribution in [1.82, 2.24) is 9.88 Å². The number of aromatic nitrogens is 1. The van der Waals surface area contributed by atoms with Gasteiger partial charge in [0.2, 0.25) is 0 Å².